The van der Waals surface area contributed by atoms with Crippen LogP contribution in [0, 0.1) is 24.0 Å². The second-order valence-electron chi connectivity index (χ2n) is 4.68. The summed E-state index contributed by atoms with van der Waals surface area (Å²) in [7, 11) is 0. The summed E-state index contributed by atoms with van der Waals surface area (Å²) in [5, 5.41) is 0.715. The summed E-state index contributed by atoms with van der Waals surface area (Å²) < 4.78 is 27.0. The molecule has 0 saturated carbocycles. The zero-order chi connectivity index (χ0) is 11.6. The fourth-order valence-corrected chi connectivity index (χ4v) is 1.62. The Balaban J connectivity index is 3.05. The van der Waals surface area contributed by atoms with Gasteiger partial charge in [-0.3, -0.25) is 0 Å². The first-order valence-electron chi connectivity index (χ1n) is 4.86. The molecule has 0 aromatic heterocycles. The van der Waals surface area contributed by atoms with E-state index >= 15 is 0 Å². The van der Waals surface area contributed by atoms with Gasteiger partial charge < -0.3 is 0 Å². The Kier molecular flexibility index (Phi) is 3.87. The summed E-state index contributed by atoms with van der Waals surface area (Å²) in [5.74, 6) is -0.886. The Labute approximate surface area is 97.8 Å². The first kappa shape index (κ1) is 12.6. The Morgan fingerprint density at radius 2 is 1.67 bits per heavy atom. The maximum absolute atomic E-state index is 13.5. The van der Waals surface area contributed by atoms with Crippen molar-refractivity contribution in [1.82, 2.24) is 0 Å². The van der Waals surface area contributed by atoms with Crippen molar-refractivity contribution in [2.45, 2.75) is 27.2 Å². The first-order chi connectivity index (χ1) is 6.85. The summed E-state index contributed by atoms with van der Waals surface area (Å²) in [6.07, 6.45) is 0.399. The predicted octanol–water partition coefficient (Wildman–Crippen LogP) is 4.24. The second kappa shape index (κ2) is 4.60. The van der Waals surface area contributed by atoms with Crippen LogP contribution in [0.25, 0.3) is 0 Å². The lowest BCUT2D eigenvalue weighted by Gasteiger charge is -2.22. The van der Waals surface area contributed by atoms with E-state index in [0.29, 0.717) is 17.3 Å². The van der Waals surface area contributed by atoms with E-state index in [2.05, 4.69) is 15.9 Å². The number of hydrogen-bond donors (Lipinski definition) is 0. The maximum Gasteiger partial charge on any atom is 0.129 e. The summed E-state index contributed by atoms with van der Waals surface area (Å²) >= 11 is 3.35. The third-order valence-electron chi connectivity index (χ3n) is 2.30. The SMILES string of the molecule is Cc1cc(F)c(CC(C)(C)CBr)c(F)c1. The van der Waals surface area contributed by atoms with E-state index in [1.54, 1.807) is 6.92 Å². The molecule has 3 heteroatoms. The molecule has 0 heterocycles. The average Bonchev–Trinajstić information content (AvgIpc) is 2.11. The molecule has 0 atom stereocenters. The largest absolute Gasteiger partial charge is 0.207 e. The second-order valence-corrected chi connectivity index (χ2v) is 5.24. The average molecular weight is 277 g/mol. The number of halogens is 3. The molecule has 1 aromatic carbocycles. The Morgan fingerprint density at radius 3 is 2.07 bits per heavy atom. The van der Waals surface area contributed by atoms with Crippen LogP contribution in [0.1, 0.15) is 25.0 Å². The van der Waals surface area contributed by atoms with Crippen LogP contribution in [-0.4, -0.2) is 5.33 Å². The fourth-order valence-electron chi connectivity index (χ4n) is 1.42. The maximum atomic E-state index is 13.5. The number of rotatable bonds is 3. The smallest absolute Gasteiger partial charge is 0.129 e. The normalized spacial score (nSPS) is 11.9. The van der Waals surface area contributed by atoms with Gasteiger partial charge in [0.05, 0.1) is 0 Å². The van der Waals surface area contributed by atoms with E-state index in [-0.39, 0.29) is 11.0 Å². The van der Waals surface area contributed by atoms with Gasteiger partial charge in [-0.25, -0.2) is 8.78 Å². The van der Waals surface area contributed by atoms with Crippen LogP contribution in [0.15, 0.2) is 12.1 Å². The summed E-state index contributed by atoms with van der Waals surface area (Å²) in [4.78, 5) is 0. The van der Waals surface area contributed by atoms with E-state index in [1.807, 2.05) is 13.8 Å². The van der Waals surface area contributed by atoms with E-state index < -0.39 is 11.6 Å². The van der Waals surface area contributed by atoms with Gasteiger partial charge in [0.15, 0.2) is 0 Å². The lowest BCUT2D eigenvalue weighted by molar-refractivity contribution is 0.402. The zero-order valence-corrected chi connectivity index (χ0v) is 10.8. The van der Waals surface area contributed by atoms with Crippen molar-refractivity contribution >= 4 is 15.9 Å². The van der Waals surface area contributed by atoms with Gasteiger partial charge in [-0.2, -0.15) is 0 Å². The highest BCUT2D eigenvalue weighted by atomic mass is 79.9. The summed E-state index contributed by atoms with van der Waals surface area (Å²) in [6, 6.07) is 2.76. The van der Waals surface area contributed by atoms with Crippen LogP contribution in [0.5, 0.6) is 0 Å². The zero-order valence-electron chi connectivity index (χ0n) is 9.20. The summed E-state index contributed by atoms with van der Waals surface area (Å²) in [5.41, 5.74) is 0.659. The molecule has 0 aliphatic heterocycles. The van der Waals surface area contributed by atoms with Crippen molar-refractivity contribution in [1.29, 1.82) is 0 Å². The minimum absolute atomic E-state index is 0.142. The third kappa shape index (κ3) is 3.26. The van der Waals surface area contributed by atoms with Crippen molar-refractivity contribution in [2.75, 3.05) is 5.33 Å². The Morgan fingerprint density at radius 1 is 1.20 bits per heavy atom. The van der Waals surface area contributed by atoms with Crippen molar-refractivity contribution in [3.8, 4) is 0 Å². The van der Waals surface area contributed by atoms with Gasteiger partial charge in [0.25, 0.3) is 0 Å². The molecule has 0 bridgehead atoms. The standard InChI is InChI=1S/C12H15BrF2/c1-8-4-10(14)9(11(15)5-8)6-12(2,3)7-13/h4-5H,6-7H2,1-3H3. The van der Waals surface area contributed by atoms with E-state index in [9.17, 15) is 8.78 Å². The van der Waals surface area contributed by atoms with Crippen LogP contribution in [0.2, 0.25) is 0 Å². The molecule has 0 radical (unpaired) electrons. The topological polar surface area (TPSA) is 0 Å². The number of benzene rings is 1. The number of alkyl halides is 1. The van der Waals surface area contributed by atoms with Crippen molar-refractivity contribution < 1.29 is 8.78 Å². The van der Waals surface area contributed by atoms with Crippen LogP contribution in [-0.2, 0) is 6.42 Å². The highest BCUT2D eigenvalue weighted by Crippen LogP contribution is 2.27. The van der Waals surface area contributed by atoms with Crippen LogP contribution in [0.4, 0.5) is 8.78 Å². The molecule has 0 aliphatic rings. The molecule has 0 amide bonds. The van der Waals surface area contributed by atoms with Gasteiger partial charge >= 0.3 is 0 Å². The van der Waals surface area contributed by atoms with Crippen molar-refractivity contribution in [3.63, 3.8) is 0 Å². The molecule has 0 N–H and O–H groups in total. The molecule has 0 spiro atoms. The number of hydrogen-bond acceptors (Lipinski definition) is 0. The molecule has 0 nitrogen and oxygen atoms in total. The highest BCUT2D eigenvalue weighted by molar-refractivity contribution is 9.09. The molecule has 84 valence electrons. The Bertz CT molecular complexity index is 336. The predicted molar refractivity (Wildman–Crippen MR) is 62.4 cm³/mol. The molecule has 0 saturated heterocycles. The first-order valence-corrected chi connectivity index (χ1v) is 5.98. The van der Waals surface area contributed by atoms with Crippen LogP contribution in [0.3, 0.4) is 0 Å². The molecule has 0 fully saturated rings. The molecular formula is C12H15BrF2. The van der Waals surface area contributed by atoms with Gasteiger partial charge in [0.1, 0.15) is 11.6 Å². The summed E-state index contributed by atoms with van der Waals surface area (Å²) in [6.45, 7) is 5.63. The molecule has 1 aromatic rings. The van der Waals surface area contributed by atoms with Gasteiger partial charge in [0.2, 0.25) is 0 Å². The lowest BCUT2D eigenvalue weighted by Crippen LogP contribution is -2.18. The Hall–Kier alpha value is -0.440. The quantitative estimate of drug-likeness (QED) is 0.725. The van der Waals surface area contributed by atoms with Gasteiger partial charge in [0, 0.05) is 10.9 Å². The van der Waals surface area contributed by atoms with Crippen molar-refractivity contribution in [3.05, 3.63) is 34.9 Å². The minimum Gasteiger partial charge on any atom is -0.207 e. The van der Waals surface area contributed by atoms with E-state index in [0.717, 1.165) is 0 Å². The van der Waals surface area contributed by atoms with E-state index in [1.165, 1.54) is 12.1 Å². The third-order valence-corrected chi connectivity index (χ3v) is 3.82. The van der Waals surface area contributed by atoms with Gasteiger partial charge in [-0.15, -0.1) is 0 Å². The van der Waals surface area contributed by atoms with E-state index in [4.69, 9.17) is 0 Å². The van der Waals surface area contributed by atoms with Gasteiger partial charge in [-0.05, 0) is 36.5 Å². The monoisotopic (exact) mass is 276 g/mol. The van der Waals surface area contributed by atoms with Crippen LogP contribution < -0.4 is 0 Å². The molecule has 1 rings (SSSR count). The van der Waals surface area contributed by atoms with Crippen molar-refractivity contribution in [2.24, 2.45) is 5.41 Å². The lowest BCUT2D eigenvalue weighted by atomic mass is 9.87. The fraction of sp³-hybridized carbons (Fsp3) is 0.500. The number of aryl methyl sites for hydroxylation is 1. The molecule has 15 heavy (non-hydrogen) atoms. The van der Waals surface area contributed by atoms with Crippen LogP contribution >= 0.6 is 15.9 Å². The highest BCUT2D eigenvalue weighted by Gasteiger charge is 2.21. The minimum atomic E-state index is -0.443. The molecule has 0 unspecified atom stereocenters. The molecule has 0 aliphatic carbocycles. The van der Waals surface area contributed by atoms with Gasteiger partial charge in [-0.1, -0.05) is 29.8 Å². The molecular weight excluding hydrogens is 262 g/mol.